The second-order valence-electron chi connectivity index (χ2n) is 5.99. The molecule has 3 N–H and O–H groups in total. The largest absolute Gasteiger partial charge is 0.350 e. The lowest BCUT2D eigenvalue weighted by molar-refractivity contribution is 0.0950. The summed E-state index contributed by atoms with van der Waals surface area (Å²) in [7, 11) is -2.03. The Balaban J connectivity index is 0.00000364. The number of aryl methyl sites for hydroxylation is 1. The third kappa shape index (κ3) is 6.20. The third-order valence-electron chi connectivity index (χ3n) is 3.90. The highest BCUT2D eigenvalue weighted by Crippen LogP contribution is 2.19. The smallest absolute Gasteiger partial charge is 0.261 e. The van der Waals surface area contributed by atoms with Gasteiger partial charge in [0.25, 0.3) is 15.9 Å². The molecule has 0 saturated heterocycles. The number of sulfonamides is 1. The third-order valence-corrected chi connectivity index (χ3v) is 5.28. The van der Waals surface area contributed by atoms with E-state index in [-0.39, 0.29) is 34.8 Å². The molecule has 0 aliphatic carbocycles. The lowest BCUT2D eigenvalue weighted by Crippen LogP contribution is -2.37. The van der Waals surface area contributed by atoms with E-state index < -0.39 is 15.8 Å². The highest BCUT2D eigenvalue weighted by atomic mass is 35.5. The van der Waals surface area contributed by atoms with Crippen molar-refractivity contribution in [3.8, 4) is 0 Å². The molecule has 1 atom stereocenters. The van der Waals surface area contributed by atoms with E-state index >= 15 is 0 Å². The van der Waals surface area contributed by atoms with Gasteiger partial charge in [0.1, 0.15) is 5.82 Å². The summed E-state index contributed by atoms with van der Waals surface area (Å²) in [5, 5.41) is 5.79. The van der Waals surface area contributed by atoms with Crippen molar-refractivity contribution in [2.45, 2.75) is 24.8 Å². The van der Waals surface area contributed by atoms with Crippen molar-refractivity contribution in [3.05, 3.63) is 59.4 Å². The van der Waals surface area contributed by atoms with Gasteiger partial charge in [0.2, 0.25) is 0 Å². The van der Waals surface area contributed by atoms with E-state index in [1.54, 1.807) is 7.05 Å². The molecule has 148 valence electrons. The molecule has 0 saturated carbocycles. The van der Waals surface area contributed by atoms with Crippen LogP contribution in [0.4, 0.5) is 10.1 Å². The second kappa shape index (κ2) is 9.68. The fourth-order valence-corrected chi connectivity index (χ4v) is 3.28. The SMILES string of the molecule is CNC(C)CNC(=O)c1ccc(NS(=O)(=O)c2ccc(F)c(C)c2)cc1.Cl. The first kappa shape index (κ1) is 22.9. The zero-order valence-corrected chi connectivity index (χ0v) is 16.9. The van der Waals surface area contributed by atoms with Crippen LogP contribution in [0.1, 0.15) is 22.8 Å². The summed E-state index contributed by atoms with van der Waals surface area (Å²) < 4.78 is 40.5. The van der Waals surface area contributed by atoms with Gasteiger partial charge in [-0.3, -0.25) is 9.52 Å². The number of amides is 1. The summed E-state index contributed by atoms with van der Waals surface area (Å²) in [5.41, 5.74) is 0.983. The summed E-state index contributed by atoms with van der Waals surface area (Å²) in [6, 6.07) is 9.81. The van der Waals surface area contributed by atoms with E-state index in [2.05, 4.69) is 15.4 Å². The fourth-order valence-electron chi connectivity index (χ4n) is 2.14. The zero-order chi connectivity index (χ0) is 19.3. The molecule has 0 bridgehead atoms. The van der Waals surface area contributed by atoms with Gasteiger partial charge in [-0.05, 0) is 68.9 Å². The quantitative estimate of drug-likeness (QED) is 0.648. The highest BCUT2D eigenvalue weighted by Gasteiger charge is 2.16. The lowest BCUT2D eigenvalue weighted by atomic mass is 10.2. The predicted octanol–water partition coefficient (Wildman–Crippen LogP) is 2.69. The van der Waals surface area contributed by atoms with E-state index in [1.807, 2.05) is 6.92 Å². The minimum Gasteiger partial charge on any atom is -0.350 e. The normalized spacial score (nSPS) is 12.0. The average molecular weight is 416 g/mol. The number of rotatable bonds is 7. The van der Waals surface area contributed by atoms with Gasteiger partial charge in [-0.1, -0.05) is 0 Å². The number of hydrogen-bond donors (Lipinski definition) is 3. The highest BCUT2D eigenvalue weighted by molar-refractivity contribution is 7.92. The molecule has 0 aliphatic rings. The number of carbonyl (C=O) groups is 1. The van der Waals surface area contributed by atoms with Crippen LogP contribution in [0.2, 0.25) is 0 Å². The van der Waals surface area contributed by atoms with Gasteiger partial charge in [0.15, 0.2) is 0 Å². The fraction of sp³-hybridized carbons (Fsp3) is 0.278. The van der Waals surface area contributed by atoms with Crippen LogP contribution in [-0.2, 0) is 10.0 Å². The van der Waals surface area contributed by atoms with Gasteiger partial charge in [-0.25, -0.2) is 12.8 Å². The van der Waals surface area contributed by atoms with Gasteiger partial charge >= 0.3 is 0 Å². The Morgan fingerprint density at radius 2 is 1.78 bits per heavy atom. The first-order chi connectivity index (χ1) is 12.2. The number of hydrogen-bond acceptors (Lipinski definition) is 4. The predicted molar refractivity (Wildman–Crippen MR) is 106 cm³/mol. The molecule has 0 spiro atoms. The first-order valence-electron chi connectivity index (χ1n) is 8.07. The molecule has 27 heavy (non-hydrogen) atoms. The number of anilines is 1. The molecule has 2 aromatic rings. The summed E-state index contributed by atoms with van der Waals surface area (Å²) in [6.45, 7) is 3.92. The van der Waals surface area contributed by atoms with Crippen LogP contribution in [0.15, 0.2) is 47.4 Å². The van der Waals surface area contributed by atoms with Gasteiger partial charge in [0, 0.05) is 23.8 Å². The monoisotopic (exact) mass is 415 g/mol. The van der Waals surface area contributed by atoms with Crippen LogP contribution >= 0.6 is 12.4 Å². The van der Waals surface area contributed by atoms with Crippen LogP contribution in [-0.4, -0.2) is 34.0 Å². The zero-order valence-electron chi connectivity index (χ0n) is 15.2. The number of benzene rings is 2. The molecule has 6 nitrogen and oxygen atoms in total. The van der Waals surface area contributed by atoms with Crippen molar-refractivity contribution in [1.29, 1.82) is 0 Å². The average Bonchev–Trinajstić information content (AvgIpc) is 2.61. The van der Waals surface area contributed by atoms with Crippen molar-refractivity contribution in [1.82, 2.24) is 10.6 Å². The molecule has 1 amide bonds. The second-order valence-corrected chi connectivity index (χ2v) is 7.68. The Kier molecular flexibility index (Phi) is 8.20. The first-order valence-corrected chi connectivity index (χ1v) is 9.56. The number of halogens is 2. The van der Waals surface area contributed by atoms with Gasteiger partial charge in [-0.15, -0.1) is 12.4 Å². The van der Waals surface area contributed by atoms with Crippen LogP contribution in [0.5, 0.6) is 0 Å². The van der Waals surface area contributed by atoms with E-state index in [9.17, 15) is 17.6 Å². The molecule has 0 radical (unpaired) electrons. The Morgan fingerprint density at radius 3 is 2.33 bits per heavy atom. The molecule has 0 heterocycles. The topological polar surface area (TPSA) is 87.3 Å². The Bertz CT molecular complexity index is 889. The summed E-state index contributed by atoms with van der Waals surface area (Å²) >= 11 is 0. The standard InChI is InChI=1S/C18H22FN3O3S.ClH/c1-12-10-16(8-9-17(12)19)26(24,25)22-15-6-4-14(5-7-15)18(23)21-11-13(2)20-3;/h4-10,13,20,22H,11H2,1-3H3,(H,21,23);1H. The lowest BCUT2D eigenvalue weighted by Gasteiger charge is -2.12. The van der Waals surface area contributed by atoms with Crippen molar-refractivity contribution in [2.75, 3.05) is 18.3 Å². The number of nitrogens with one attached hydrogen (secondary N) is 3. The maximum atomic E-state index is 13.3. The molecule has 2 rings (SSSR count). The van der Waals surface area contributed by atoms with E-state index in [0.29, 0.717) is 17.8 Å². The number of carbonyl (C=O) groups excluding carboxylic acids is 1. The molecule has 0 aromatic heterocycles. The van der Waals surface area contributed by atoms with Crippen LogP contribution in [0, 0.1) is 12.7 Å². The summed E-state index contributed by atoms with van der Waals surface area (Å²) in [6.07, 6.45) is 0. The molecule has 1 unspecified atom stereocenters. The summed E-state index contributed by atoms with van der Waals surface area (Å²) in [4.78, 5) is 12.0. The van der Waals surface area contributed by atoms with Gasteiger partial charge in [-0.2, -0.15) is 0 Å². The molecule has 2 aromatic carbocycles. The molecule has 9 heteroatoms. The van der Waals surface area contributed by atoms with E-state index in [4.69, 9.17) is 0 Å². The minimum atomic E-state index is -3.84. The van der Waals surface area contributed by atoms with Crippen LogP contribution in [0.25, 0.3) is 0 Å². The molecular formula is C18H23ClFN3O3S. The van der Waals surface area contributed by atoms with E-state index in [0.717, 1.165) is 6.07 Å². The minimum absolute atomic E-state index is 0. The van der Waals surface area contributed by atoms with E-state index in [1.165, 1.54) is 43.3 Å². The van der Waals surface area contributed by atoms with Crippen LogP contribution < -0.4 is 15.4 Å². The maximum absolute atomic E-state index is 13.3. The Morgan fingerprint density at radius 1 is 1.15 bits per heavy atom. The van der Waals surface area contributed by atoms with Crippen molar-refractivity contribution in [2.24, 2.45) is 0 Å². The summed E-state index contributed by atoms with van der Waals surface area (Å²) in [5.74, 6) is -0.706. The maximum Gasteiger partial charge on any atom is 0.261 e. The van der Waals surface area contributed by atoms with Gasteiger partial charge in [0.05, 0.1) is 4.90 Å². The number of likely N-dealkylation sites (N-methyl/N-ethyl adjacent to an activating group) is 1. The molecular weight excluding hydrogens is 393 g/mol. The van der Waals surface area contributed by atoms with Crippen LogP contribution in [0.3, 0.4) is 0 Å². The van der Waals surface area contributed by atoms with Crippen molar-refractivity contribution >= 4 is 34.0 Å². The van der Waals surface area contributed by atoms with Crippen molar-refractivity contribution < 1.29 is 17.6 Å². The van der Waals surface area contributed by atoms with Crippen molar-refractivity contribution in [3.63, 3.8) is 0 Å². The molecule has 0 aliphatic heterocycles. The Labute approximate surface area is 165 Å². The molecule has 0 fully saturated rings. The van der Waals surface area contributed by atoms with Gasteiger partial charge < -0.3 is 10.6 Å². The Hall–Kier alpha value is -2.16.